The van der Waals surface area contributed by atoms with Crippen molar-refractivity contribution >= 4 is 21.5 Å². The summed E-state index contributed by atoms with van der Waals surface area (Å²) in [5, 5.41) is 10.7. The SMILES string of the molecule is CC(C)C(NS(=O)(=O)N(C)CCCO)c1cccs1. The Morgan fingerprint density at radius 3 is 2.63 bits per heavy atom. The van der Waals surface area contributed by atoms with Crippen molar-refractivity contribution in [3.8, 4) is 0 Å². The van der Waals surface area contributed by atoms with E-state index in [0.717, 1.165) is 4.88 Å². The van der Waals surface area contributed by atoms with Gasteiger partial charge in [-0.1, -0.05) is 19.9 Å². The van der Waals surface area contributed by atoms with Crippen LogP contribution in [-0.2, 0) is 10.2 Å². The number of hydrogen-bond donors (Lipinski definition) is 2. The molecule has 110 valence electrons. The van der Waals surface area contributed by atoms with Gasteiger partial charge in [-0.05, 0) is 23.8 Å². The fraction of sp³-hybridized carbons (Fsp3) is 0.667. The van der Waals surface area contributed by atoms with Gasteiger partial charge in [-0.25, -0.2) is 0 Å². The van der Waals surface area contributed by atoms with E-state index >= 15 is 0 Å². The van der Waals surface area contributed by atoms with E-state index in [2.05, 4.69) is 4.72 Å². The highest BCUT2D eigenvalue weighted by molar-refractivity contribution is 7.87. The maximum Gasteiger partial charge on any atom is 0.279 e. The lowest BCUT2D eigenvalue weighted by molar-refractivity contribution is 0.274. The molecule has 1 unspecified atom stereocenters. The van der Waals surface area contributed by atoms with Gasteiger partial charge in [-0.3, -0.25) is 0 Å². The number of aliphatic hydroxyl groups is 1. The zero-order chi connectivity index (χ0) is 14.5. The zero-order valence-corrected chi connectivity index (χ0v) is 13.2. The molecule has 0 radical (unpaired) electrons. The van der Waals surface area contributed by atoms with Crippen LogP contribution < -0.4 is 4.72 Å². The Balaban J connectivity index is 2.79. The van der Waals surface area contributed by atoms with Gasteiger partial charge in [0.15, 0.2) is 0 Å². The highest BCUT2D eigenvalue weighted by Crippen LogP contribution is 2.26. The molecule has 0 amide bonds. The molecule has 0 saturated heterocycles. The van der Waals surface area contributed by atoms with Gasteiger partial charge in [0.2, 0.25) is 0 Å². The van der Waals surface area contributed by atoms with Crippen molar-refractivity contribution in [1.82, 2.24) is 9.03 Å². The molecule has 7 heteroatoms. The third-order valence-corrected chi connectivity index (χ3v) is 5.34. The molecule has 1 rings (SSSR count). The van der Waals surface area contributed by atoms with Crippen LogP contribution in [0.3, 0.4) is 0 Å². The maximum absolute atomic E-state index is 12.2. The molecule has 0 saturated carbocycles. The van der Waals surface area contributed by atoms with Crippen LogP contribution in [0.4, 0.5) is 0 Å². The van der Waals surface area contributed by atoms with Gasteiger partial charge in [0, 0.05) is 25.1 Å². The normalized spacial score (nSPS) is 14.2. The van der Waals surface area contributed by atoms with E-state index < -0.39 is 10.2 Å². The molecule has 1 aromatic heterocycles. The second-order valence-corrected chi connectivity index (χ2v) is 7.55. The number of thiophene rings is 1. The van der Waals surface area contributed by atoms with Gasteiger partial charge < -0.3 is 5.11 Å². The largest absolute Gasteiger partial charge is 0.396 e. The molecule has 0 bridgehead atoms. The topological polar surface area (TPSA) is 69.6 Å². The lowest BCUT2D eigenvalue weighted by Gasteiger charge is -2.25. The molecule has 1 aromatic rings. The summed E-state index contributed by atoms with van der Waals surface area (Å²) in [6.45, 7) is 4.26. The minimum absolute atomic E-state index is 0.0155. The Morgan fingerprint density at radius 1 is 1.47 bits per heavy atom. The van der Waals surface area contributed by atoms with Crippen LogP contribution >= 0.6 is 11.3 Å². The van der Waals surface area contributed by atoms with E-state index in [9.17, 15) is 8.42 Å². The molecule has 0 aliphatic carbocycles. The van der Waals surface area contributed by atoms with Gasteiger partial charge in [-0.2, -0.15) is 17.4 Å². The van der Waals surface area contributed by atoms with Crippen LogP contribution in [0.15, 0.2) is 17.5 Å². The zero-order valence-electron chi connectivity index (χ0n) is 11.5. The highest BCUT2D eigenvalue weighted by Gasteiger charge is 2.25. The van der Waals surface area contributed by atoms with Crippen molar-refractivity contribution in [2.45, 2.75) is 26.3 Å². The summed E-state index contributed by atoms with van der Waals surface area (Å²) in [6, 6.07) is 3.63. The van der Waals surface area contributed by atoms with Crippen LogP contribution in [0, 0.1) is 5.92 Å². The van der Waals surface area contributed by atoms with Crippen LogP contribution in [0.25, 0.3) is 0 Å². The molecule has 2 N–H and O–H groups in total. The summed E-state index contributed by atoms with van der Waals surface area (Å²) < 4.78 is 28.3. The predicted octanol–water partition coefficient (Wildman–Crippen LogP) is 1.59. The first kappa shape index (κ1) is 16.6. The Kier molecular flexibility index (Phi) is 6.41. The smallest absolute Gasteiger partial charge is 0.279 e. The Hall–Kier alpha value is -0.470. The van der Waals surface area contributed by atoms with Crippen molar-refractivity contribution in [1.29, 1.82) is 0 Å². The highest BCUT2D eigenvalue weighted by atomic mass is 32.2. The summed E-state index contributed by atoms with van der Waals surface area (Å²) in [7, 11) is -2.01. The number of hydrogen-bond acceptors (Lipinski definition) is 4. The molecule has 0 spiro atoms. The Bertz CT molecular complexity index is 457. The second kappa shape index (κ2) is 7.35. The molecule has 0 fully saturated rings. The molecule has 0 aliphatic heterocycles. The number of nitrogens with one attached hydrogen (secondary N) is 1. The van der Waals surface area contributed by atoms with Crippen molar-refractivity contribution in [2.75, 3.05) is 20.2 Å². The maximum atomic E-state index is 12.2. The molecule has 1 atom stereocenters. The van der Waals surface area contributed by atoms with Gasteiger partial charge in [-0.15, -0.1) is 11.3 Å². The monoisotopic (exact) mass is 306 g/mol. The summed E-state index contributed by atoms with van der Waals surface area (Å²) in [5.74, 6) is 0.166. The molecular formula is C12H22N2O3S2. The minimum atomic E-state index is -3.52. The van der Waals surface area contributed by atoms with Gasteiger partial charge >= 0.3 is 0 Å². The van der Waals surface area contributed by atoms with Gasteiger partial charge in [0.25, 0.3) is 10.2 Å². The van der Waals surface area contributed by atoms with Crippen molar-refractivity contribution < 1.29 is 13.5 Å². The molecule has 19 heavy (non-hydrogen) atoms. The lowest BCUT2D eigenvalue weighted by Crippen LogP contribution is -2.42. The van der Waals surface area contributed by atoms with E-state index in [-0.39, 0.29) is 18.6 Å². The van der Waals surface area contributed by atoms with Crippen molar-refractivity contribution in [3.05, 3.63) is 22.4 Å². The fourth-order valence-corrected chi connectivity index (χ4v) is 3.95. The standard InChI is InChI=1S/C12H22N2O3S2/c1-10(2)12(11-6-4-9-18-11)13-19(16,17)14(3)7-5-8-15/h4,6,9-10,12-13,15H,5,7-8H2,1-3H3. The third-order valence-electron chi connectivity index (χ3n) is 2.83. The Morgan fingerprint density at radius 2 is 2.16 bits per heavy atom. The second-order valence-electron chi connectivity index (χ2n) is 4.76. The summed E-state index contributed by atoms with van der Waals surface area (Å²) in [5.41, 5.74) is 0. The van der Waals surface area contributed by atoms with Crippen LogP contribution in [0.5, 0.6) is 0 Å². The third kappa shape index (κ3) is 4.85. The van der Waals surface area contributed by atoms with Crippen molar-refractivity contribution in [2.24, 2.45) is 5.92 Å². The van der Waals surface area contributed by atoms with E-state index in [0.29, 0.717) is 13.0 Å². The van der Waals surface area contributed by atoms with Crippen LogP contribution in [0.1, 0.15) is 31.2 Å². The predicted molar refractivity (Wildman–Crippen MR) is 78.3 cm³/mol. The quantitative estimate of drug-likeness (QED) is 0.766. The summed E-state index contributed by atoms with van der Waals surface area (Å²) in [6.07, 6.45) is 0.433. The first-order valence-corrected chi connectivity index (χ1v) is 8.58. The molecule has 1 heterocycles. The number of rotatable bonds is 8. The summed E-state index contributed by atoms with van der Waals surface area (Å²) >= 11 is 1.54. The first-order valence-electron chi connectivity index (χ1n) is 6.26. The lowest BCUT2D eigenvalue weighted by atomic mass is 10.0. The minimum Gasteiger partial charge on any atom is -0.396 e. The van der Waals surface area contributed by atoms with E-state index in [1.165, 1.54) is 11.4 Å². The van der Waals surface area contributed by atoms with Gasteiger partial charge in [0.1, 0.15) is 0 Å². The van der Waals surface area contributed by atoms with Crippen LogP contribution in [-0.4, -0.2) is 38.0 Å². The average Bonchev–Trinajstić information content (AvgIpc) is 2.86. The van der Waals surface area contributed by atoms with E-state index in [1.54, 1.807) is 11.3 Å². The fourth-order valence-electron chi connectivity index (χ4n) is 1.65. The molecule has 0 aromatic carbocycles. The number of aliphatic hydroxyl groups excluding tert-OH is 1. The first-order chi connectivity index (χ1) is 8.88. The van der Waals surface area contributed by atoms with E-state index in [1.807, 2.05) is 31.4 Å². The number of nitrogens with zero attached hydrogens (tertiary/aromatic N) is 1. The molecule has 0 aliphatic rings. The van der Waals surface area contributed by atoms with Gasteiger partial charge in [0.05, 0.1) is 6.04 Å². The van der Waals surface area contributed by atoms with Crippen molar-refractivity contribution in [3.63, 3.8) is 0 Å². The Labute approximate surface area is 119 Å². The molecule has 5 nitrogen and oxygen atoms in total. The van der Waals surface area contributed by atoms with E-state index in [4.69, 9.17) is 5.11 Å². The average molecular weight is 306 g/mol. The molecular weight excluding hydrogens is 284 g/mol. The summed E-state index contributed by atoms with van der Waals surface area (Å²) in [4.78, 5) is 1.01. The van der Waals surface area contributed by atoms with Crippen LogP contribution in [0.2, 0.25) is 0 Å².